The van der Waals surface area contributed by atoms with Gasteiger partial charge in [-0.25, -0.2) is 4.39 Å². The summed E-state index contributed by atoms with van der Waals surface area (Å²) < 4.78 is 18.7. The van der Waals surface area contributed by atoms with Gasteiger partial charge in [-0.15, -0.1) is 0 Å². The van der Waals surface area contributed by atoms with Crippen molar-refractivity contribution < 1.29 is 13.9 Å². The predicted octanol–water partition coefficient (Wildman–Crippen LogP) is 3.88. The van der Waals surface area contributed by atoms with Crippen LogP contribution in [0.2, 0.25) is 0 Å². The number of aromatic nitrogens is 2. The fourth-order valence-corrected chi connectivity index (χ4v) is 3.33. The number of aromatic amines is 1. The van der Waals surface area contributed by atoms with Crippen molar-refractivity contribution in [3.05, 3.63) is 64.6 Å². The molecule has 5 nitrogen and oxygen atoms in total. The van der Waals surface area contributed by atoms with Gasteiger partial charge in [0, 0.05) is 16.8 Å². The number of benzene rings is 2. The zero-order valence-corrected chi connectivity index (χ0v) is 14.5. The molecular formula is C20H18FN3O2. The van der Waals surface area contributed by atoms with Gasteiger partial charge in [0.1, 0.15) is 17.3 Å². The van der Waals surface area contributed by atoms with Crippen molar-refractivity contribution in [1.29, 1.82) is 0 Å². The van der Waals surface area contributed by atoms with Crippen LogP contribution in [-0.4, -0.2) is 23.2 Å². The number of hydrogen-bond donors (Lipinski definition) is 2. The molecule has 0 spiro atoms. The van der Waals surface area contributed by atoms with Gasteiger partial charge in [-0.3, -0.25) is 9.89 Å². The van der Waals surface area contributed by atoms with Crippen LogP contribution in [0.15, 0.2) is 36.4 Å². The minimum Gasteiger partial charge on any atom is -0.497 e. The number of nitrogens with one attached hydrogen (secondary N) is 2. The molecule has 1 heterocycles. The summed E-state index contributed by atoms with van der Waals surface area (Å²) in [4.78, 5) is 12.7. The summed E-state index contributed by atoms with van der Waals surface area (Å²) in [5.74, 6) is 0.104. The van der Waals surface area contributed by atoms with Gasteiger partial charge >= 0.3 is 0 Å². The van der Waals surface area contributed by atoms with E-state index in [0.717, 1.165) is 40.1 Å². The Morgan fingerprint density at radius 3 is 2.88 bits per heavy atom. The third-order valence-electron chi connectivity index (χ3n) is 4.75. The Labute approximate surface area is 150 Å². The Morgan fingerprint density at radius 1 is 1.23 bits per heavy atom. The van der Waals surface area contributed by atoms with Crippen LogP contribution in [0.25, 0.3) is 11.3 Å². The first-order chi connectivity index (χ1) is 12.6. The van der Waals surface area contributed by atoms with E-state index in [9.17, 15) is 9.18 Å². The fraction of sp³-hybridized carbons (Fsp3) is 0.200. The monoisotopic (exact) mass is 351 g/mol. The second-order valence-corrected chi connectivity index (χ2v) is 6.36. The molecule has 0 unspecified atom stereocenters. The molecule has 0 fully saturated rings. The van der Waals surface area contributed by atoms with Crippen molar-refractivity contribution in [1.82, 2.24) is 10.2 Å². The number of ether oxygens (including phenoxy) is 1. The summed E-state index contributed by atoms with van der Waals surface area (Å²) in [6.45, 7) is 1.82. The van der Waals surface area contributed by atoms with Crippen molar-refractivity contribution in [3.8, 4) is 17.0 Å². The van der Waals surface area contributed by atoms with E-state index in [4.69, 9.17) is 4.74 Å². The van der Waals surface area contributed by atoms with Gasteiger partial charge in [-0.2, -0.15) is 5.10 Å². The Kier molecular flexibility index (Phi) is 3.95. The van der Waals surface area contributed by atoms with E-state index in [0.29, 0.717) is 17.8 Å². The van der Waals surface area contributed by atoms with E-state index >= 15 is 0 Å². The van der Waals surface area contributed by atoms with E-state index in [1.165, 1.54) is 12.1 Å². The highest BCUT2D eigenvalue weighted by molar-refractivity contribution is 6.05. The summed E-state index contributed by atoms with van der Waals surface area (Å²) in [5, 5.41) is 9.98. The van der Waals surface area contributed by atoms with Crippen LogP contribution in [0, 0.1) is 12.7 Å². The fourth-order valence-electron chi connectivity index (χ4n) is 3.33. The van der Waals surface area contributed by atoms with E-state index in [1.54, 1.807) is 13.2 Å². The standard InChI is InChI=1S/C20H18FN3O2/c1-11-3-5-13(21)10-17(11)22-20(25)19-16-7-4-12-9-14(26-2)6-8-15(12)18(16)23-24-19/h3,5-6,8-10H,4,7H2,1-2H3,(H,22,25)(H,23,24). The summed E-state index contributed by atoms with van der Waals surface area (Å²) in [6.07, 6.45) is 1.51. The SMILES string of the molecule is COc1ccc2c(c1)CCc1c-2n[nH]c1C(=O)Nc1cc(F)ccc1C. The maximum absolute atomic E-state index is 13.5. The predicted molar refractivity (Wildman–Crippen MR) is 97.1 cm³/mol. The lowest BCUT2D eigenvalue weighted by atomic mass is 9.89. The van der Waals surface area contributed by atoms with Gasteiger partial charge in [0.05, 0.1) is 12.8 Å². The number of amides is 1. The first-order valence-electron chi connectivity index (χ1n) is 8.39. The quantitative estimate of drug-likeness (QED) is 0.752. The normalized spacial score (nSPS) is 12.3. The summed E-state index contributed by atoms with van der Waals surface area (Å²) >= 11 is 0. The average Bonchev–Trinajstić information content (AvgIpc) is 3.08. The maximum atomic E-state index is 13.5. The maximum Gasteiger partial charge on any atom is 0.273 e. The topological polar surface area (TPSA) is 67.0 Å². The van der Waals surface area contributed by atoms with Crippen molar-refractivity contribution in [2.75, 3.05) is 12.4 Å². The van der Waals surface area contributed by atoms with Crippen LogP contribution in [0.4, 0.5) is 10.1 Å². The molecule has 3 aromatic rings. The number of fused-ring (bicyclic) bond motifs is 3. The van der Waals surface area contributed by atoms with Crippen molar-refractivity contribution in [2.24, 2.45) is 0 Å². The van der Waals surface area contributed by atoms with Gasteiger partial charge in [0.25, 0.3) is 5.91 Å². The molecule has 0 bridgehead atoms. The van der Waals surface area contributed by atoms with E-state index in [2.05, 4.69) is 15.5 Å². The second-order valence-electron chi connectivity index (χ2n) is 6.36. The van der Waals surface area contributed by atoms with Crippen LogP contribution in [0.1, 0.15) is 27.2 Å². The molecule has 6 heteroatoms. The Bertz CT molecular complexity index is 1010. The number of nitrogens with zero attached hydrogens (tertiary/aromatic N) is 1. The Hall–Kier alpha value is -3.15. The number of rotatable bonds is 3. The van der Waals surface area contributed by atoms with Crippen molar-refractivity contribution in [3.63, 3.8) is 0 Å². The Morgan fingerprint density at radius 2 is 2.08 bits per heavy atom. The van der Waals surface area contributed by atoms with Crippen molar-refractivity contribution >= 4 is 11.6 Å². The van der Waals surface area contributed by atoms with Crippen LogP contribution >= 0.6 is 0 Å². The number of carbonyl (C=O) groups is 1. The Balaban J connectivity index is 1.67. The molecule has 0 aliphatic heterocycles. The molecular weight excluding hydrogens is 333 g/mol. The number of halogens is 1. The summed E-state index contributed by atoms with van der Waals surface area (Å²) in [7, 11) is 1.64. The molecule has 1 aliphatic rings. The molecule has 2 N–H and O–H groups in total. The van der Waals surface area contributed by atoms with E-state index in [1.807, 2.05) is 25.1 Å². The number of anilines is 1. The third-order valence-corrected chi connectivity index (χ3v) is 4.75. The first kappa shape index (κ1) is 16.3. The highest BCUT2D eigenvalue weighted by Crippen LogP contribution is 2.35. The number of methoxy groups -OCH3 is 1. The van der Waals surface area contributed by atoms with Gasteiger partial charge in [0.15, 0.2) is 0 Å². The number of H-pyrrole nitrogens is 1. The minimum absolute atomic E-state index is 0.315. The molecule has 1 aromatic heterocycles. The molecule has 4 rings (SSSR count). The third kappa shape index (κ3) is 2.73. The number of hydrogen-bond acceptors (Lipinski definition) is 3. The molecule has 2 aromatic carbocycles. The highest BCUT2D eigenvalue weighted by Gasteiger charge is 2.25. The van der Waals surface area contributed by atoms with E-state index in [-0.39, 0.29) is 11.7 Å². The molecule has 0 radical (unpaired) electrons. The van der Waals surface area contributed by atoms with E-state index < -0.39 is 0 Å². The highest BCUT2D eigenvalue weighted by atomic mass is 19.1. The van der Waals surface area contributed by atoms with Crippen molar-refractivity contribution in [2.45, 2.75) is 19.8 Å². The molecule has 0 saturated heterocycles. The molecule has 132 valence electrons. The zero-order valence-electron chi connectivity index (χ0n) is 14.5. The summed E-state index contributed by atoms with van der Waals surface area (Å²) in [5.41, 5.74) is 5.50. The molecule has 1 amide bonds. The lowest BCUT2D eigenvalue weighted by molar-refractivity contribution is 0.102. The molecule has 0 atom stereocenters. The second kappa shape index (κ2) is 6.29. The van der Waals surface area contributed by atoms with Gasteiger partial charge in [0.2, 0.25) is 0 Å². The van der Waals surface area contributed by atoms with Crippen LogP contribution in [-0.2, 0) is 12.8 Å². The van der Waals surface area contributed by atoms with Crippen LogP contribution in [0.5, 0.6) is 5.75 Å². The van der Waals surface area contributed by atoms with Crippen LogP contribution in [0.3, 0.4) is 0 Å². The number of carbonyl (C=O) groups excluding carboxylic acids is 1. The van der Waals surface area contributed by atoms with Gasteiger partial charge in [-0.1, -0.05) is 6.07 Å². The van der Waals surface area contributed by atoms with Gasteiger partial charge < -0.3 is 10.1 Å². The lowest BCUT2D eigenvalue weighted by Crippen LogP contribution is -2.16. The lowest BCUT2D eigenvalue weighted by Gasteiger charge is -2.17. The number of aryl methyl sites for hydroxylation is 2. The summed E-state index contributed by atoms with van der Waals surface area (Å²) in [6, 6.07) is 10.2. The molecule has 0 saturated carbocycles. The zero-order chi connectivity index (χ0) is 18.3. The first-order valence-corrected chi connectivity index (χ1v) is 8.39. The average molecular weight is 351 g/mol. The minimum atomic E-state index is -0.389. The molecule has 26 heavy (non-hydrogen) atoms. The molecule has 1 aliphatic carbocycles. The van der Waals surface area contributed by atoms with Gasteiger partial charge in [-0.05, 0) is 61.2 Å². The largest absolute Gasteiger partial charge is 0.497 e. The van der Waals surface area contributed by atoms with Crippen LogP contribution < -0.4 is 10.1 Å². The smallest absolute Gasteiger partial charge is 0.273 e.